The van der Waals surface area contributed by atoms with Gasteiger partial charge in [0, 0.05) is 43.8 Å². The van der Waals surface area contributed by atoms with E-state index < -0.39 is 0 Å². The quantitative estimate of drug-likeness (QED) is 0.804. The van der Waals surface area contributed by atoms with Crippen LogP contribution in [-0.4, -0.2) is 49.0 Å². The zero-order chi connectivity index (χ0) is 21.3. The zero-order valence-corrected chi connectivity index (χ0v) is 19.5. The summed E-state index contributed by atoms with van der Waals surface area (Å²) in [5, 5.41) is 3.08. The summed E-state index contributed by atoms with van der Waals surface area (Å²) in [6.45, 7) is 11.7. The molecule has 162 valence electrons. The number of fused-ring (bicyclic) bond motifs is 1. The van der Waals surface area contributed by atoms with Gasteiger partial charge < -0.3 is 15.1 Å². The van der Waals surface area contributed by atoms with Crippen molar-refractivity contribution in [2.75, 3.05) is 38.1 Å². The third-order valence-electron chi connectivity index (χ3n) is 6.62. The molecule has 30 heavy (non-hydrogen) atoms. The highest BCUT2D eigenvalue weighted by Gasteiger charge is 2.30. The number of rotatable bonds is 4. The molecule has 0 radical (unpaired) electrons. The van der Waals surface area contributed by atoms with E-state index in [1.54, 1.807) is 11.3 Å². The molecule has 1 N–H and O–H groups in total. The summed E-state index contributed by atoms with van der Waals surface area (Å²) < 4.78 is 0. The fraction of sp³-hybridized carbons (Fsp3) is 0.583. The Morgan fingerprint density at radius 3 is 2.67 bits per heavy atom. The van der Waals surface area contributed by atoms with Gasteiger partial charge in [0.2, 0.25) is 0 Å². The van der Waals surface area contributed by atoms with Crippen molar-refractivity contribution >= 4 is 23.1 Å². The van der Waals surface area contributed by atoms with Gasteiger partial charge in [-0.05, 0) is 60.9 Å². The highest BCUT2D eigenvalue weighted by molar-refractivity contribution is 7.14. The molecule has 5 nitrogen and oxygen atoms in total. The number of amides is 1. The van der Waals surface area contributed by atoms with Gasteiger partial charge in [-0.3, -0.25) is 4.79 Å². The van der Waals surface area contributed by atoms with Crippen molar-refractivity contribution in [3.8, 4) is 0 Å². The van der Waals surface area contributed by atoms with Gasteiger partial charge in [0.05, 0.1) is 4.88 Å². The fourth-order valence-electron chi connectivity index (χ4n) is 4.39. The van der Waals surface area contributed by atoms with Crippen molar-refractivity contribution in [3.63, 3.8) is 0 Å². The van der Waals surface area contributed by atoms with E-state index in [0.717, 1.165) is 55.3 Å². The second kappa shape index (κ2) is 8.67. The normalized spacial score (nSPS) is 20.1. The monoisotopic (exact) mass is 426 g/mol. The first-order chi connectivity index (χ1) is 14.3. The predicted molar refractivity (Wildman–Crippen MR) is 124 cm³/mol. The highest BCUT2D eigenvalue weighted by Crippen LogP contribution is 2.40. The maximum Gasteiger partial charge on any atom is 0.261 e. The van der Waals surface area contributed by atoms with Gasteiger partial charge in [-0.2, -0.15) is 0 Å². The van der Waals surface area contributed by atoms with Gasteiger partial charge in [-0.25, -0.2) is 4.98 Å². The van der Waals surface area contributed by atoms with Crippen LogP contribution in [0.15, 0.2) is 24.4 Å². The number of thiophene rings is 1. The molecule has 6 heteroatoms. The molecule has 1 saturated heterocycles. The molecule has 1 fully saturated rings. The first-order valence-electron chi connectivity index (χ1n) is 11.1. The number of anilines is 1. The summed E-state index contributed by atoms with van der Waals surface area (Å²) in [4.78, 5) is 24.3. The molecule has 1 amide bonds. The van der Waals surface area contributed by atoms with Gasteiger partial charge in [-0.15, -0.1) is 11.3 Å². The smallest absolute Gasteiger partial charge is 0.261 e. The maximum absolute atomic E-state index is 12.7. The molecule has 3 heterocycles. The lowest BCUT2D eigenvalue weighted by Crippen LogP contribution is -2.44. The summed E-state index contributed by atoms with van der Waals surface area (Å²) >= 11 is 1.67. The lowest BCUT2D eigenvalue weighted by atomic mass is 9.72. The third kappa shape index (κ3) is 4.86. The Hall–Kier alpha value is -1.92. The van der Waals surface area contributed by atoms with E-state index in [-0.39, 0.29) is 5.91 Å². The number of carbonyl (C=O) groups is 1. The van der Waals surface area contributed by atoms with Crippen LogP contribution in [0.3, 0.4) is 0 Å². The Kier molecular flexibility index (Phi) is 6.16. The summed E-state index contributed by atoms with van der Waals surface area (Å²) in [6.07, 6.45) is 5.32. The van der Waals surface area contributed by atoms with Crippen LogP contribution in [0.5, 0.6) is 0 Å². The van der Waals surface area contributed by atoms with Crippen LogP contribution in [0, 0.1) is 11.3 Å². The molecule has 1 aliphatic carbocycles. The topological polar surface area (TPSA) is 48.5 Å². The zero-order valence-electron chi connectivity index (χ0n) is 18.7. The lowest BCUT2D eigenvalue weighted by molar-refractivity contribution is 0.0955. The first-order valence-corrected chi connectivity index (χ1v) is 11.9. The minimum absolute atomic E-state index is 0.0323. The van der Waals surface area contributed by atoms with E-state index in [1.807, 2.05) is 6.20 Å². The number of hydrogen-bond donors (Lipinski definition) is 1. The second-order valence-electron chi connectivity index (χ2n) is 9.86. The predicted octanol–water partition coefficient (Wildman–Crippen LogP) is 3.98. The van der Waals surface area contributed by atoms with Crippen molar-refractivity contribution in [2.45, 2.75) is 46.6 Å². The van der Waals surface area contributed by atoms with Crippen LogP contribution in [0.25, 0.3) is 0 Å². The summed E-state index contributed by atoms with van der Waals surface area (Å²) in [5.74, 6) is 1.75. The largest absolute Gasteiger partial charge is 0.354 e. The van der Waals surface area contributed by atoms with Crippen molar-refractivity contribution in [3.05, 3.63) is 45.3 Å². The van der Waals surface area contributed by atoms with E-state index in [2.05, 4.69) is 66.1 Å². The van der Waals surface area contributed by atoms with Crippen molar-refractivity contribution in [1.82, 2.24) is 15.2 Å². The molecule has 4 rings (SSSR count). The minimum atomic E-state index is 0.0323. The Balaban J connectivity index is 1.33. The number of pyridine rings is 1. The fourth-order valence-corrected chi connectivity index (χ4v) is 5.51. The molecule has 0 spiro atoms. The molecule has 2 aromatic heterocycles. The Morgan fingerprint density at radius 2 is 2.00 bits per heavy atom. The van der Waals surface area contributed by atoms with E-state index in [1.165, 1.54) is 16.9 Å². The van der Waals surface area contributed by atoms with Gasteiger partial charge in [-0.1, -0.05) is 26.8 Å². The van der Waals surface area contributed by atoms with Crippen LogP contribution in [-0.2, 0) is 19.4 Å². The average molecular weight is 427 g/mol. The molecule has 1 aliphatic heterocycles. The molecular weight excluding hydrogens is 392 g/mol. The molecule has 0 aromatic carbocycles. The third-order valence-corrected chi connectivity index (χ3v) is 7.86. The number of piperazine rings is 1. The number of nitrogens with zero attached hydrogens (tertiary/aromatic N) is 3. The molecule has 2 aliphatic rings. The number of likely N-dealkylation sites (N-methyl/N-ethyl adjacent to an activating group) is 1. The standard InChI is InChI=1S/C24H34N4OS/c1-24(2,3)19-6-7-20-18(13-19)14-21(30-20)23(29)26-16-17-5-8-22(25-15-17)28-11-9-27(4)10-12-28/h5,8,14-15,19H,6-7,9-13,16H2,1-4H3,(H,26,29). The van der Waals surface area contributed by atoms with Crippen LogP contribution >= 0.6 is 11.3 Å². The lowest BCUT2D eigenvalue weighted by Gasteiger charge is -2.33. The summed E-state index contributed by atoms with van der Waals surface area (Å²) in [6, 6.07) is 6.28. The molecule has 0 saturated carbocycles. The maximum atomic E-state index is 12.7. The van der Waals surface area contributed by atoms with Crippen molar-refractivity contribution in [2.24, 2.45) is 11.3 Å². The van der Waals surface area contributed by atoms with Crippen LogP contribution < -0.4 is 10.2 Å². The minimum Gasteiger partial charge on any atom is -0.354 e. The van der Waals surface area contributed by atoms with Gasteiger partial charge in [0.25, 0.3) is 5.91 Å². The number of aryl methyl sites for hydroxylation is 1. The molecule has 1 atom stereocenters. The highest BCUT2D eigenvalue weighted by atomic mass is 32.1. The van der Waals surface area contributed by atoms with E-state index in [9.17, 15) is 4.79 Å². The van der Waals surface area contributed by atoms with Gasteiger partial charge in [0.1, 0.15) is 5.82 Å². The van der Waals surface area contributed by atoms with Crippen molar-refractivity contribution in [1.29, 1.82) is 0 Å². The summed E-state index contributed by atoms with van der Waals surface area (Å²) in [7, 11) is 2.16. The summed E-state index contributed by atoms with van der Waals surface area (Å²) in [5.41, 5.74) is 2.75. The number of aromatic nitrogens is 1. The average Bonchev–Trinajstić information content (AvgIpc) is 3.16. The Labute approximate surface area is 184 Å². The Bertz CT molecular complexity index is 876. The number of nitrogens with one attached hydrogen (secondary N) is 1. The van der Waals surface area contributed by atoms with Crippen LogP contribution in [0.2, 0.25) is 0 Å². The molecule has 0 bridgehead atoms. The molecule has 2 aromatic rings. The van der Waals surface area contributed by atoms with E-state index in [0.29, 0.717) is 17.9 Å². The van der Waals surface area contributed by atoms with Gasteiger partial charge in [0.15, 0.2) is 0 Å². The van der Waals surface area contributed by atoms with E-state index in [4.69, 9.17) is 0 Å². The number of hydrogen-bond acceptors (Lipinski definition) is 5. The van der Waals surface area contributed by atoms with Crippen molar-refractivity contribution < 1.29 is 4.79 Å². The SMILES string of the molecule is CN1CCN(c2ccc(CNC(=O)c3cc4c(s3)CCC(C(C)(C)C)C4)cn2)CC1. The van der Waals surface area contributed by atoms with Crippen LogP contribution in [0.4, 0.5) is 5.82 Å². The molecule has 1 unspecified atom stereocenters. The van der Waals surface area contributed by atoms with Crippen LogP contribution in [0.1, 0.15) is 52.9 Å². The molecular formula is C24H34N4OS. The second-order valence-corrected chi connectivity index (χ2v) is 11.0. The van der Waals surface area contributed by atoms with Gasteiger partial charge >= 0.3 is 0 Å². The first kappa shape index (κ1) is 21.3. The Morgan fingerprint density at radius 1 is 1.23 bits per heavy atom. The van der Waals surface area contributed by atoms with E-state index >= 15 is 0 Å². The number of carbonyl (C=O) groups excluding carboxylic acids is 1.